The number of aromatic nitrogens is 1. The molecule has 0 aliphatic rings. The van der Waals surface area contributed by atoms with Crippen molar-refractivity contribution >= 4 is 22.8 Å². The highest BCUT2D eigenvalue weighted by atomic mass is 16.5. The second kappa shape index (κ2) is 7.78. The molecule has 124 valence electrons. The molecule has 2 rings (SSSR count). The number of carbonyl (C=O) groups is 2. The van der Waals surface area contributed by atoms with Gasteiger partial charge in [-0.2, -0.15) is 0 Å². The number of hydrogen-bond acceptors (Lipinski definition) is 4. The van der Waals surface area contributed by atoms with Gasteiger partial charge in [-0.05, 0) is 24.1 Å². The molecule has 6 heteroatoms. The van der Waals surface area contributed by atoms with Gasteiger partial charge in [-0.15, -0.1) is 0 Å². The van der Waals surface area contributed by atoms with Crippen LogP contribution in [-0.4, -0.2) is 55.7 Å². The standard InChI is InChI=1S/C17H22N2O4/c1-12-5-4-6-14-17(12)13(10-18-14)9-15(20)19(7-8-22-2)11-16(21)23-3/h4-6,10,18H,7-9,11H2,1-3H3. The molecule has 0 saturated heterocycles. The summed E-state index contributed by atoms with van der Waals surface area (Å²) >= 11 is 0. The number of hydrogen-bond donors (Lipinski definition) is 1. The molecule has 23 heavy (non-hydrogen) atoms. The van der Waals surface area contributed by atoms with Crippen LogP contribution in [0.2, 0.25) is 0 Å². The summed E-state index contributed by atoms with van der Waals surface area (Å²) in [6, 6.07) is 5.97. The molecule has 0 fully saturated rings. The molecule has 0 spiro atoms. The van der Waals surface area contributed by atoms with Crippen molar-refractivity contribution in [2.24, 2.45) is 0 Å². The fourth-order valence-corrected chi connectivity index (χ4v) is 2.58. The number of amides is 1. The number of H-pyrrole nitrogens is 1. The first kappa shape index (κ1) is 17.0. The Morgan fingerprint density at radius 1 is 1.26 bits per heavy atom. The monoisotopic (exact) mass is 318 g/mol. The lowest BCUT2D eigenvalue weighted by atomic mass is 10.0. The van der Waals surface area contributed by atoms with Crippen LogP contribution in [0.3, 0.4) is 0 Å². The second-order valence-electron chi connectivity index (χ2n) is 5.37. The van der Waals surface area contributed by atoms with E-state index in [0.717, 1.165) is 22.0 Å². The van der Waals surface area contributed by atoms with Gasteiger partial charge in [0.05, 0.1) is 20.1 Å². The molecule has 0 atom stereocenters. The van der Waals surface area contributed by atoms with Crippen molar-refractivity contribution in [3.63, 3.8) is 0 Å². The minimum Gasteiger partial charge on any atom is -0.468 e. The topological polar surface area (TPSA) is 71.6 Å². The molecule has 6 nitrogen and oxygen atoms in total. The van der Waals surface area contributed by atoms with Crippen molar-refractivity contribution < 1.29 is 19.1 Å². The maximum atomic E-state index is 12.6. The Kier molecular flexibility index (Phi) is 5.76. The number of aromatic amines is 1. The molecular weight excluding hydrogens is 296 g/mol. The molecule has 0 radical (unpaired) electrons. The molecule has 0 aliphatic heterocycles. The Morgan fingerprint density at radius 2 is 2.04 bits per heavy atom. The molecule has 0 bridgehead atoms. The highest BCUT2D eigenvalue weighted by Gasteiger charge is 2.19. The summed E-state index contributed by atoms with van der Waals surface area (Å²) in [6.07, 6.45) is 2.08. The molecule has 1 amide bonds. The number of rotatable bonds is 7. The maximum Gasteiger partial charge on any atom is 0.325 e. The van der Waals surface area contributed by atoms with E-state index in [4.69, 9.17) is 4.74 Å². The largest absolute Gasteiger partial charge is 0.468 e. The first-order valence-electron chi connectivity index (χ1n) is 7.46. The number of methoxy groups -OCH3 is 2. The number of nitrogens with one attached hydrogen (secondary N) is 1. The highest BCUT2D eigenvalue weighted by Crippen LogP contribution is 2.22. The molecule has 0 aliphatic carbocycles. The van der Waals surface area contributed by atoms with E-state index < -0.39 is 5.97 Å². The Balaban J connectivity index is 2.17. The van der Waals surface area contributed by atoms with Gasteiger partial charge in [-0.25, -0.2) is 0 Å². The fourth-order valence-electron chi connectivity index (χ4n) is 2.58. The van der Waals surface area contributed by atoms with Crippen LogP contribution in [0.5, 0.6) is 0 Å². The summed E-state index contributed by atoms with van der Waals surface area (Å²) in [5.74, 6) is -0.568. The SMILES string of the molecule is COCCN(CC(=O)OC)C(=O)Cc1c[nH]c2cccc(C)c12. The zero-order valence-corrected chi connectivity index (χ0v) is 13.7. The van der Waals surface area contributed by atoms with Crippen molar-refractivity contribution in [3.8, 4) is 0 Å². The van der Waals surface area contributed by atoms with Crippen LogP contribution < -0.4 is 0 Å². The van der Waals surface area contributed by atoms with Gasteiger partial charge in [-0.3, -0.25) is 9.59 Å². The predicted molar refractivity (Wildman–Crippen MR) is 87.2 cm³/mol. The number of aryl methyl sites for hydroxylation is 1. The van der Waals surface area contributed by atoms with Crippen molar-refractivity contribution in [1.29, 1.82) is 0 Å². The first-order valence-corrected chi connectivity index (χ1v) is 7.46. The second-order valence-corrected chi connectivity index (χ2v) is 5.37. The van der Waals surface area contributed by atoms with Gasteiger partial charge in [-0.1, -0.05) is 12.1 Å². The number of carbonyl (C=O) groups excluding carboxylic acids is 2. The molecule has 1 aromatic heterocycles. The smallest absolute Gasteiger partial charge is 0.325 e. The summed E-state index contributed by atoms with van der Waals surface area (Å²) < 4.78 is 9.67. The van der Waals surface area contributed by atoms with Crippen molar-refractivity contribution in [1.82, 2.24) is 9.88 Å². The average molecular weight is 318 g/mol. The molecule has 0 saturated carbocycles. The van der Waals surface area contributed by atoms with E-state index in [1.807, 2.05) is 31.3 Å². The Labute approximate surface area is 135 Å². The average Bonchev–Trinajstić information content (AvgIpc) is 2.95. The summed E-state index contributed by atoms with van der Waals surface area (Å²) in [5, 5.41) is 1.06. The minimum atomic E-state index is -0.440. The van der Waals surface area contributed by atoms with Crippen LogP contribution >= 0.6 is 0 Å². The van der Waals surface area contributed by atoms with Crippen LogP contribution in [0.25, 0.3) is 10.9 Å². The predicted octanol–water partition coefficient (Wildman–Crippen LogP) is 1.67. The maximum absolute atomic E-state index is 12.6. The van der Waals surface area contributed by atoms with E-state index in [-0.39, 0.29) is 18.9 Å². The number of ether oxygens (including phenoxy) is 2. The van der Waals surface area contributed by atoms with Gasteiger partial charge in [0.1, 0.15) is 6.54 Å². The van der Waals surface area contributed by atoms with Crippen LogP contribution in [0.4, 0.5) is 0 Å². The number of esters is 1. The van der Waals surface area contributed by atoms with Crippen LogP contribution in [0.1, 0.15) is 11.1 Å². The molecule has 1 heterocycles. The summed E-state index contributed by atoms with van der Waals surface area (Å²) in [5.41, 5.74) is 3.04. The van der Waals surface area contributed by atoms with E-state index >= 15 is 0 Å². The highest BCUT2D eigenvalue weighted by molar-refractivity contribution is 5.91. The Morgan fingerprint density at radius 3 is 2.74 bits per heavy atom. The number of fused-ring (bicyclic) bond motifs is 1. The van der Waals surface area contributed by atoms with E-state index in [9.17, 15) is 9.59 Å². The molecular formula is C17H22N2O4. The Bertz CT molecular complexity index is 693. The van der Waals surface area contributed by atoms with Gasteiger partial charge in [0.15, 0.2) is 0 Å². The third kappa shape index (κ3) is 4.10. The van der Waals surface area contributed by atoms with Gasteiger partial charge in [0.2, 0.25) is 5.91 Å². The van der Waals surface area contributed by atoms with Crippen molar-refractivity contribution in [2.75, 3.05) is 33.9 Å². The number of nitrogens with zero attached hydrogens (tertiary/aromatic N) is 1. The van der Waals surface area contributed by atoms with E-state index in [1.165, 1.54) is 12.0 Å². The van der Waals surface area contributed by atoms with Gasteiger partial charge >= 0.3 is 5.97 Å². The number of benzene rings is 1. The van der Waals surface area contributed by atoms with Crippen molar-refractivity contribution in [3.05, 3.63) is 35.5 Å². The lowest BCUT2D eigenvalue weighted by Gasteiger charge is -2.21. The summed E-state index contributed by atoms with van der Waals surface area (Å²) in [7, 11) is 2.87. The van der Waals surface area contributed by atoms with E-state index in [0.29, 0.717) is 13.2 Å². The molecule has 1 aromatic carbocycles. The Hall–Kier alpha value is -2.34. The quantitative estimate of drug-likeness (QED) is 0.788. The van der Waals surface area contributed by atoms with E-state index in [1.54, 1.807) is 7.11 Å². The zero-order chi connectivity index (χ0) is 16.8. The lowest BCUT2D eigenvalue weighted by Crippen LogP contribution is -2.39. The fraction of sp³-hybridized carbons (Fsp3) is 0.412. The van der Waals surface area contributed by atoms with Crippen LogP contribution in [0, 0.1) is 6.92 Å². The minimum absolute atomic E-state index is 0.0694. The zero-order valence-electron chi connectivity index (χ0n) is 13.7. The van der Waals surface area contributed by atoms with Crippen LogP contribution in [-0.2, 0) is 25.5 Å². The first-order chi connectivity index (χ1) is 11.1. The molecule has 2 aromatic rings. The third-order valence-corrected chi connectivity index (χ3v) is 3.80. The normalized spacial score (nSPS) is 10.7. The third-order valence-electron chi connectivity index (χ3n) is 3.80. The van der Waals surface area contributed by atoms with Gasteiger partial charge in [0.25, 0.3) is 0 Å². The van der Waals surface area contributed by atoms with E-state index in [2.05, 4.69) is 9.72 Å². The molecule has 0 unspecified atom stereocenters. The van der Waals surface area contributed by atoms with Crippen molar-refractivity contribution in [2.45, 2.75) is 13.3 Å². The summed E-state index contributed by atoms with van der Waals surface area (Å²) in [6.45, 7) is 2.67. The lowest BCUT2D eigenvalue weighted by molar-refractivity contribution is -0.147. The molecule has 1 N–H and O–H groups in total. The summed E-state index contributed by atoms with van der Waals surface area (Å²) in [4.78, 5) is 28.7. The van der Waals surface area contributed by atoms with Gasteiger partial charge < -0.3 is 19.4 Å². The van der Waals surface area contributed by atoms with Crippen LogP contribution in [0.15, 0.2) is 24.4 Å². The van der Waals surface area contributed by atoms with Gasteiger partial charge in [0, 0.05) is 30.8 Å².